The summed E-state index contributed by atoms with van der Waals surface area (Å²) in [5.74, 6) is 0.390. The Balaban J connectivity index is 1.66. The van der Waals surface area contributed by atoms with Crippen molar-refractivity contribution in [1.82, 2.24) is 14.2 Å². The molecule has 0 fully saturated rings. The molecule has 1 aromatic heterocycles. The molecule has 0 aliphatic rings. The van der Waals surface area contributed by atoms with Crippen LogP contribution >= 0.6 is 23.4 Å². The Morgan fingerprint density at radius 1 is 1.00 bits per heavy atom. The van der Waals surface area contributed by atoms with Crippen molar-refractivity contribution in [3.63, 3.8) is 0 Å². The maximum absolute atomic E-state index is 13.2. The summed E-state index contributed by atoms with van der Waals surface area (Å²) < 4.78 is 27.1. The molecule has 0 saturated heterocycles. The van der Waals surface area contributed by atoms with Crippen molar-refractivity contribution in [2.45, 2.75) is 15.8 Å². The van der Waals surface area contributed by atoms with Crippen LogP contribution in [0.3, 0.4) is 0 Å². The third-order valence-electron chi connectivity index (χ3n) is 4.12. The van der Waals surface area contributed by atoms with Crippen molar-refractivity contribution >= 4 is 50.1 Å². The lowest BCUT2D eigenvalue weighted by atomic mass is 10.1. The van der Waals surface area contributed by atoms with Crippen molar-refractivity contribution in [1.29, 1.82) is 0 Å². The van der Waals surface area contributed by atoms with Crippen molar-refractivity contribution in [3.05, 3.63) is 77.3 Å². The highest BCUT2D eigenvalue weighted by Crippen LogP contribution is 2.27. The largest absolute Gasteiger partial charge is 0.367 e. The van der Waals surface area contributed by atoms with Crippen molar-refractivity contribution in [3.8, 4) is 0 Å². The highest BCUT2D eigenvalue weighted by atomic mass is 35.5. The Morgan fingerprint density at radius 3 is 2.50 bits per heavy atom. The molecule has 4 rings (SSSR count). The molecule has 0 aliphatic heterocycles. The van der Waals surface area contributed by atoms with E-state index in [0.717, 1.165) is 15.0 Å². The van der Waals surface area contributed by atoms with Crippen LogP contribution in [-0.4, -0.2) is 22.6 Å². The smallest absolute Gasteiger partial charge is 0.286 e. The van der Waals surface area contributed by atoms with Gasteiger partial charge in [0.15, 0.2) is 0 Å². The van der Waals surface area contributed by atoms with Gasteiger partial charge in [0.05, 0.1) is 4.90 Å². The van der Waals surface area contributed by atoms with E-state index in [1.165, 1.54) is 11.8 Å². The van der Waals surface area contributed by atoms with Crippen LogP contribution in [0.15, 0.2) is 76.8 Å². The summed E-state index contributed by atoms with van der Waals surface area (Å²) in [4.78, 5) is 4.24. The SMILES string of the molecule is Nc1nc(SCc2ccc(Cl)cc2)nn1S(=O)(=O)c1cccc2ccccc12. The van der Waals surface area contributed by atoms with E-state index >= 15 is 0 Å². The lowest BCUT2D eigenvalue weighted by molar-refractivity contribution is 0.580. The number of nitrogens with zero attached hydrogens (tertiary/aromatic N) is 3. The van der Waals surface area contributed by atoms with E-state index in [-0.39, 0.29) is 16.0 Å². The van der Waals surface area contributed by atoms with E-state index in [4.69, 9.17) is 17.3 Å². The van der Waals surface area contributed by atoms with Gasteiger partial charge in [-0.15, -0.1) is 9.19 Å². The number of rotatable bonds is 5. The molecule has 0 atom stereocenters. The highest BCUT2D eigenvalue weighted by molar-refractivity contribution is 7.98. The lowest BCUT2D eigenvalue weighted by Gasteiger charge is -2.08. The molecule has 0 aliphatic carbocycles. The Morgan fingerprint density at radius 2 is 1.71 bits per heavy atom. The summed E-state index contributed by atoms with van der Waals surface area (Å²) in [6.07, 6.45) is 0. The molecule has 1 heterocycles. The van der Waals surface area contributed by atoms with Crippen molar-refractivity contribution in [2.75, 3.05) is 5.73 Å². The topological polar surface area (TPSA) is 90.9 Å². The van der Waals surface area contributed by atoms with Crippen LogP contribution in [0.25, 0.3) is 10.8 Å². The molecular formula is C19H15ClN4O2S2. The Labute approximate surface area is 171 Å². The second-order valence-electron chi connectivity index (χ2n) is 5.99. The molecule has 142 valence electrons. The Hall–Kier alpha value is -2.55. The first-order valence-electron chi connectivity index (χ1n) is 8.28. The molecule has 0 amide bonds. The van der Waals surface area contributed by atoms with E-state index in [2.05, 4.69) is 10.1 Å². The molecule has 4 aromatic rings. The molecule has 2 N–H and O–H groups in total. The molecule has 9 heteroatoms. The van der Waals surface area contributed by atoms with Crippen LogP contribution in [0.2, 0.25) is 5.02 Å². The van der Waals surface area contributed by atoms with Crippen LogP contribution in [0, 0.1) is 0 Å². The standard InChI is InChI=1S/C19H15ClN4O2S2/c20-15-10-8-13(9-11-15)12-27-19-22-18(21)24(23-19)28(25,26)17-7-3-5-14-4-1-2-6-16(14)17/h1-11H,12H2,(H2,21,22,23). The van der Waals surface area contributed by atoms with Crippen LogP contribution < -0.4 is 5.73 Å². The summed E-state index contributed by atoms with van der Waals surface area (Å²) in [7, 11) is -3.98. The first kappa shape index (κ1) is 18.8. The highest BCUT2D eigenvalue weighted by Gasteiger charge is 2.24. The molecule has 0 radical (unpaired) electrons. The summed E-state index contributed by atoms with van der Waals surface area (Å²) in [6, 6.07) is 19.7. The molecule has 3 aromatic carbocycles. The predicted molar refractivity (Wildman–Crippen MR) is 112 cm³/mol. The Bertz CT molecular complexity index is 1250. The zero-order valence-electron chi connectivity index (χ0n) is 14.5. The molecule has 6 nitrogen and oxygen atoms in total. The van der Waals surface area contributed by atoms with Crippen LogP contribution in [-0.2, 0) is 15.8 Å². The third-order valence-corrected chi connectivity index (χ3v) is 6.92. The number of anilines is 1. The monoisotopic (exact) mass is 430 g/mol. The van der Waals surface area contributed by atoms with Gasteiger partial charge in [0.2, 0.25) is 11.1 Å². The minimum atomic E-state index is -3.98. The number of benzene rings is 3. The molecule has 0 saturated carbocycles. The summed E-state index contributed by atoms with van der Waals surface area (Å²) in [6.45, 7) is 0. The maximum atomic E-state index is 13.2. The Kier molecular flexibility index (Phi) is 5.01. The van der Waals surface area contributed by atoms with Crippen LogP contribution in [0.4, 0.5) is 5.95 Å². The average molecular weight is 431 g/mol. The van der Waals surface area contributed by atoms with Crippen LogP contribution in [0.1, 0.15) is 5.56 Å². The number of nitrogen functional groups attached to an aromatic ring is 1. The predicted octanol–water partition coefficient (Wildman–Crippen LogP) is 4.20. The fourth-order valence-electron chi connectivity index (χ4n) is 2.77. The second-order valence-corrected chi connectivity index (χ2v) is 9.11. The van der Waals surface area contributed by atoms with E-state index in [0.29, 0.717) is 16.2 Å². The zero-order valence-corrected chi connectivity index (χ0v) is 16.9. The zero-order chi connectivity index (χ0) is 19.7. The van der Waals surface area contributed by atoms with Gasteiger partial charge in [0, 0.05) is 16.2 Å². The van der Waals surface area contributed by atoms with Gasteiger partial charge in [0.25, 0.3) is 10.0 Å². The van der Waals surface area contributed by atoms with Crippen molar-refractivity contribution < 1.29 is 8.42 Å². The van der Waals surface area contributed by atoms with Gasteiger partial charge in [-0.3, -0.25) is 0 Å². The van der Waals surface area contributed by atoms with Crippen LogP contribution in [0.5, 0.6) is 0 Å². The number of fused-ring (bicyclic) bond motifs is 1. The fourth-order valence-corrected chi connectivity index (χ4v) is 5.11. The number of hydrogen-bond acceptors (Lipinski definition) is 6. The lowest BCUT2D eigenvalue weighted by Crippen LogP contribution is -2.17. The van der Waals surface area contributed by atoms with E-state index in [1.807, 2.05) is 30.3 Å². The molecule has 0 bridgehead atoms. The van der Waals surface area contributed by atoms with E-state index in [1.54, 1.807) is 36.4 Å². The number of halogens is 1. The van der Waals surface area contributed by atoms with E-state index < -0.39 is 10.0 Å². The first-order valence-corrected chi connectivity index (χ1v) is 11.1. The van der Waals surface area contributed by atoms with Gasteiger partial charge in [-0.2, -0.15) is 13.4 Å². The van der Waals surface area contributed by atoms with Gasteiger partial charge in [-0.05, 0) is 29.1 Å². The second kappa shape index (κ2) is 7.46. The fraction of sp³-hybridized carbons (Fsp3) is 0.0526. The number of aromatic nitrogens is 3. The minimum Gasteiger partial charge on any atom is -0.367 e. The third kappa shape index (κ3) is 3.58. The summed E-state index contributed by atoms with van der Waals surface area (Å²) >= 11 is 7.18. The normalized spacial score (nSPS) is 11.8. The van der Waals surface area contributed by atoms with Gasteiger partial charge in [0.1, 0.15) is 0 Å². The molecule has 0 unspecified atom stereocenters. The summed E-state index contributed by atoms with van der Waals surface area (Å²) in [5, 5.41) is 6.50. The van der Waals surface area contributed by atoms with Gasteiger partial charge in [-0.25, -0.2) is 0 Å². The first-order chi connectivity index (χ1) is 13.4. The quantitative estimate of drug-likeness (QED) is 0.477. The van der Waals surface area contributed by atoms with Crippen molar-refractivity contribution in [2.24, 2.45) is 0 Å². The van der Waals surface area contributed by atoms with Gasteiger partial charge < -0.3 is 5.73 Å². The summed E-state index contributed by atoms with van der Waals surface area (Å²) in [5.41, 5.74) is 6.89. The number of thioether (sulfide) groups is 1. The number of nitrogens with two attached hydrogens (primary N) is 1. The molecule has 28 heavy (non-hydrogen) atoms. The molecular weight excluding hydrogens is 416 g/mol. The number of hydrogen-bond donors (Lipinski definition) is 1. The maximum Gasteiger partial charge on any atom is 0.286 e. The minimum absolute atomic E-state index is 0.136. The van der Waals surface area contributed by atoms with E-state index in [9.17, 15) is 8.42 Å². The van der Waals surface area contributed by atoms with Gasteiger partial charge in [-0.1, -0.05) is 71.9 Å². The average Bonchev–Trinajstić information content (AvgIpc) is 3.08. The molecule has 0 spiro atoms. The van der Waals surface area contributed by atoms with Gasteiger partial charge >= 0.3 is 0 Å².